The lowest BCUT2D eigenvalue weighted by molar-refractivity contribution is 0.475. The van der Waals surface area contributed by atoms with Crippen LogP contribution in [0.15, 0.2) is 29.4 Å². The van der Waals surface area contributed by atoms with Crippen molar-refractivity contribution in [1.82, 2.24) is 10.7 Å². The van der Waals surface area contributed by atoms with E-state index in [1.54, 1.807) is 24.4 Å². The molecule has 0 heterocycles. The second-order valence-electron chi connectivity index (χ2n) is 3.59. The smallest absolute Gasteiger partial charge is 0.187 e. The van der Waals surface area contributed by atoms with Crippen LogP contribution in [0.4, 0.5) is 0 Å². The van der Waals surface area contributed by atoms with Crippen molar-refractivity contribution in [3.05, 3.63) is 29.8 Å². The van der Waals surface area contributed by atoms with Gasteiger partial charge in [-0.15, -0.1) is 0 Å². The van der Waals surface area contributed by atoms with E-state index in [2.05, 4.69) is 15.8 Å². The van der Waals surface area contributed by atoms with Crippen molar-refractivity contribution < 1.29 is 5.11 Å². The summed E-state index contributed by atoms with van der Waals surface area (Å²) in [5.74, 6) is 0.215. The van der Waals surface area contributed by atoms with Gasteiger partial charge in [0.05, 0.1) is 6.21 Å². The average Bonchev–Trinajstić information content (AvgIpc) is 2.16. The molecule has 0 fully saturated rings. The number of nitrogens with zero attached hydrogens (tertiary/aromatic N) is 1. The minimum Gasteiger partial charge on any atom is -0.508 e. The van der Waals surface area contributed by atoms with Gasteiger partial charge in [0.25, 0.3) is 0 Å². The molecule has 0 aromatic heterocycles. The predicted octanol–water partition coefficient (Wildman–Crippen LogP) is 1.60. The van der Waals surface area contributed by atoms with Gasteiger partial charge in [-0.1, -0.05) is 12.1 Å². The van der Waals surface area contributed by atoms with Gasteiger partial charge in [-0.05, 0) is 43.8 Å². The summed E-state index contributed by atoms with van der Waals surface area (Å²) in [6.07, 6.45) is 1.59. The number of nitrogens with one attached hydrogen (secondary N) is 2. The van der Waals surface area contributed by atoms with Gasteiger partial charge < -0.3 is 10.4 Å². The zero-order valence-corrected chi connectivity index (χ0v) is 10.1. The van der Waals surface area contributed by atoms with Crippen LogP contribution < -0.4 is 10.7 Å². The zero-order chi connectivity index (χ0) is 12.0. The van der Waals surface area contributed by atoms with Gasteiger partial charge >= 0.3 is 0 Å². The highest BCUT2D eigenvalue weighted by molar-refractivity contribution is 7.80. The summed E-state index contributed by atoms with van der Waals surface area (Å²) in [4.78, 5) is 0. The monoisotopic (exact) mass is 237 g/mol. The van der Waals surface area contributed by atoms with E-state index < -0.39 is 0 Å². The van der Waals surface area contributed by atoms with E-state index in [4.69, 9.17) is 12.2 Å². The molecule has 0 amide bonds. The van der Waals surface area contributed by atoms with Crippen LogP contribution in [0, 0.1) is 0 Å². The highest BCUT2D eigenvalue weighted by Gasteiger charge is 1.95. The molecule has 1 aromatic carbocycles. The van der Waals surface area contributed by atoms with Crippen LogP contribution in [0.5, 0.6) is 5.75 Å². The van der Waals surface area contributed by atoms with Crippen LogP contribution in [0.3, 0.4) is 0 Å². The average molecular weight is 237 g/mol. The highest BCUT2D eigenvalue weighted by Crippen LogP contribution is 2.08. The summed E-state index contributed by atoms with van der Waals surface area (Å²) in [7, 11) is 0. The lowest BCUT2D eigenvalue weighted by Gasteiger charge is -2.09. The van der Waals surface area contributed by atoms with E-state index in [0.29, 0.717) is 5.11 Å². The lowest BCUT2D eigenvalue weighted by atomic mass is 10.2. The van der Waals surface area contributed by atoms with Crippen molar-refractivity contribution in [2.75, 3.05) is 0 Å². The molecule has 0 aliphatic carbocycles. The van der Waals surface area contributed by atoms with Crippen LogP contribution >= 0.6 is 12.2 Å². The minimum absolute atomic E-state index is 0.215. The third-order valence-electron chi connectivity index (χ3n) is 1.67. The number of phenols is 1. The first-order valence-electron chi connectivity index (χ1n) is 4.96. The fourth-order valence-corrected chi connectivity index (χ4v) is 1.35. The first-order chi connectivity index (χ1) is 7.58. The summed E-state index contributed by atoms with van der Waals surface area (Å²) in [5, 5.41) is 16.6. The Balaban J connectivity index is 2.46. The Morgan fingerprint density at radius 1 is 1.50 bits per heavy atom. The Morgan fingerprint density at radius 3 is 2.88 bits per heavy atom. The molecule has 3 N–H and O–H groups in total. The fourth-order valence-electron chi connectivity index (χ4n) is 1.07. The van der Waals surface area contributed by atoms with E-state index in [1.165, 1.54) is 0 Å². The first kappa shape index (κ1) is 12.4. The summed E-state index contributed by atoms with van der Waals surface area (Å²) < 4.78 is 0. The molecular weight excluding hydrogens is 222 g/mol. The van der Waals surface area contributed by atoms with Crippen molar-refractivity contribution in [3.63, 3.8) is 0 Å². The molecule has 86 valence electrons. The molecule has 16 heavy (non-hydrogen) atoms. The van der Waals surface area contributed by atoms with Crippen LogP contribution in [-0.4, -0.2) is 22.5 Å². The second-order valence-corrected chi connectivity index (χ2v) is 4.00. The van der Waals surface area contributed by atoms with Crippen molar-refractivity contribution in [2.45, 2.75) is 19.9 Å². The minimum atomic E-state index is 0.215. The standard InChI is InChI=1S/C11H15N3OS/c1-8(2)13-11(16)14-12-7-9-4-3-5-10(15)6-9/h3-8,15H,1-2H3,(H2,13,14,16). The number of hydrogen-bond acceptors (Lipinski definition) is 3. The van der Waals surface area contributed by atoms with E-state index in [-0.39, 0.29) is 11.8 Å². The Kier molecular flexibility index (Phi) is 4.72. The molecule has 1 aromatic rings. The maximum atomic E-state index is 9.22. The molecule has 0 aliphatic rings. The molecule has 0 spiro atoms. The third-order valence-corrected chi connectivity index (χ3v) is 1.88. The van der Waals surface area contributed by atoms with Gasteiger partial charge in [0.15, 0.2) is 5.11 Å². The Hall–Kier alpha value is -1.62. The zero-order valence-electron chi connectivity index (χ0n) is 9.27. The molecular formula is C11H15N3OS. The van der Waals surface area contributed by atoms with E-state index in [9.17, 15) is 5.11 Å². The second kappa shape index (κ2) is 6.07. The maximum Gasteiger partial charge on any atom is 0.187 e. The molecule has 4 nitrogen and oxygen atoms in total. The molecule has 0 atom stereocenters. The van der Waals surface area contributed by atoms with Gasteiger partial charge in [0.1, 0.15) is 5.75 Å². The number of benzene rings is 1. The number of phenolic OH excluding ortho intramolecular Hbond substituents is 1. The third kappa shape index (κ3) is 4.75. The van der Waals surface area contributed by atoms with Crippen molar-refractivity contribution in [2.24, 2.45) is 5.10 Å². The van der Waals surface area contributed by atoms with E-state index in [0.717, 1.165) is 5.56 Å². The molecule has 0 bridgehead atoms. The topological polar surface area (TPSA) is 56.7 Å². The van der Waals surface area contributed by atoms with Gasteiger partial charge in [-0.25, -0.2) is 0 Å². The van der Waals surface area contributed by atoms with Gasteiger partial charge in [0, 0.05) is 6.04 Å². The number of aromatic hydroxyl groups is 1. The lowest BCUT2D eigenvalue weighted by Crippen LogP contribution is -2.36. The number of thiocarbonyl (C=S) groups is 1. The first-order valence-corrected chi connectivity index (χ1v) is 5.37. The van der Waals surface area contributed by atoms with Crippen molar-refractivity contribution in [3.8, 4) is 5.75 Å². The molecule has 0 radical (unpaired) electrons. The van der Waals surface area contributed by atoms with Gasteiger partial charge in [0.2, 0.25) is 0 Å². The Labute approximate surface area is 100 Å². The van der Waals surface area contributed by atoms with Crippen LogP contribution in [-0.2, 0) is 0 Å². The van der Waals surface area contributed by atoms with Crippen LogP contribution in [0.25, 0.3) is 0 Å². The van der Waals surface area contributed by atoms with Crippen molar-refractivity contribution >= 4 is 23.5 Å². The molecule has 1 rings (SSSR count). The van der Waals surface area contributed by atoms with E-state index in [1.807, 2.05) is 19.9 Å². The SMILES string of the molecule is CC(C)NC(=S)NN=Cc1cccc(O)c1. The number of rotatable bonds is 3. The summed E-state index contributed by atoms with van der Waals surface area (Å²) >= 11 is 4.99. The molecule has 5 heteroatoms. The molecule has 0 unspecified atom stereocenters. The van der Waals surface area contributed by atoms with Crippen LogP contribution in [0.2, 0.25) is 0 Å². The van der Waals surface area contributed by atoms with Crippen molar-refractivity contribution in [1.29, 1.82) is 0 Å². The maximum absolute atomic E-state index is 9.22. The molecule has 0 saturated carbocycles. The van der Waals surface area contributed by atoms with Crippen LogP contribution in [0.1, 0.15) is 19.4 Å². The normalized spacial score (nSPS) is 10.7. The van der Waals surface area contributed by atoms with E-state index >= 15 is 0 Å². The molecule has 0 aliphatic heterocycles. The summed E-state index contributed by atoms with van der Waals surface area (Å²) in [6.45, 7) is 3.99. The number of hydrogen-bond donors (Lipinski definition) is 3. The predicted molar refractivity (Wildman–Crippen MR) is 69.7 cm³/mol. The fraction of sp³-hybridized carbons (Fsp3) is 0.273. The van der Waals surface area contributed by atoms with Gasteiger partial charge in [-0.2, -0.15) is 5.10 Å². The Bertz CT molecular complexity index is 391. The van der Waals surface area contributed by atoms with Gasteiger partial charge in [-0.3, -0.25) is 5.43 Å². The summed E-state index contributed by atoms with van der Waals surface area (Å²) in [6, 6.07) is 7.08. The Morgan fingerprint density at radius 2 is 2.25 bits per heavy atom. The quantitative estimate of drug-likeness (QED) is 0.424. The molecule has 0 saturated heterocycles. The summed E-state index contributed by atoms with van der Waals surface area (Å²) in [5.41, 5.74) is 3.50. The largest absolute Gasteiger partial charge is 0.508 e. The highest BCUT2D eigenvalue weighted by atomic mass is 32.1. The number of hydrazone groups is 1.